The predicted molar refractivity (Wildman–Crippen MR) is 171 cm³/mol. The fourth-order valence-corrected chi connectivity index (χ4v) is 12.8. The summed E-state index contributed by atoms with van der Waals surface area (Å²) >= 11 is 0. The van der Waals surface area contributed by atoms with Crippen molar-refractivity contribution in [3.8, 4) is 0 Å². The maximum Gasteiger partial charge on any atom is 0.300 e. The Morgan fingerprint density at radius 1 is 0.787 bits per heavy atom. The van der Waals surface area contributed by atoms with E-state index in [0.717, 1.165) is 55.3 Å². The highest BCUT2D eigenvalue weighted by Gasteiger charge is 2.60. The Morgan fingerprint density at radius 2 is 1.38 bits per heavy atom. The molecule has 6 unspecified atom stereocenters. The van der Waals surface area contributed by atoms with E-state index in [1.807, 2.05) is 0 Å². The highest BCUT2D eigenvalue weighted by Crippen LogP contribution is 2.68. The summed E-state index contributed by atoms with van der Waals surface area (Å²) in [5.74, 6) is -5.90. The summed E-state index contributed by atoms with van der Waals surface area (Å²) < 4.78 is 120. The summed E-state index contributed by atoms with van der Waals surface area (Å²) in [5, 5.41) is 0. The smallest absolute Gasteiger partial charge is 0.300 e. The lowest BCUT2D eigenvalue weighted by Crippen LogP contribution is -2.54. The molecular formula is C35H52F4O6S2. The van der Waals surface area contributed by atoms with Crippen molar-refractivity contribution < 1.29 is 43.7 Å². The van der Waals surface area contributed by atoms with Gasteiger partial charge in [0.15, 0.2) is 38.0 Å². The van der Waals surface area contributed by atoms with Gasteiger partial charge >= 0.3 is 10.1 Å². The van der Waals surface area contributed by atoms with Crippen molar-refractivity contribution in [1.82, 2.24) is 0 Å². The van der Waals surface area contributed by atoms with Crippen molar-refractivity contribution in [3.63, 3.8) is 0 Å². The summed E-state index contributed by atoms with van der Waals surface area (Å²) in [6.45, 7) is 11.7. The Labute approximate surface area is 278 Å². The van der Waals surface area contributed by atoms with Gasteiger partial charge in [0.05, 0.1) is 18.5 Å². The van der Waals surface area contributed by atoms with Crippen LogP contribution in [0, 0.1) is 75.5 Å². The van der Waals surface area contributed by atoms with Gasteiger partial charge in [-0.2, -0.15) is 8.42 Å². The van der Waals surface area contributed by atoms with E-state index in [4.69, 9.17) is 9.29 Å². The van der Waals surface area contributed by atoms with Gasteiger partial charge in [0, 0.05) is 0 Å². The van der Waals surface area contributed by atoms with Gasteiger partial charge < -0.3 is 4.74 Å². The van der Waals surface area contributed by atoms with Gasteiger partial charge in [-0.3, -0.25) is 4.55 Å². The maximum absolute atomic E-state index is 14.5. The van der Waals surface area contributed by atoms with Crippen molar-refractivity contribution in [3.05, 3.63) is 23.3 Å². The summed E-state index contributed by atoms with van der Waals surface area (Å²) in [4.78, 5) is -4.19. The van der Waals surface area contributed by atoms with Gasteiger partial charge in [-0.05, 0) is 110 Å². The van der Waals surface area contributed by atoms with Crippen LogP contribution in [0.1, 0.15) is 112 Å². The van der Waals surface area contributed by atoms with E-state index in [0.29, 0.717) is 17.3 Å². The third kappa shape index (κ3) is 6.79. The Bertz CT molecular complexity index is 1520. The van der Waals surface area contributed by atoms with Gasteiger partial charge in [-0.25, -0.2) is 26.0 Å². The normalized spacial score (nSPS) is 35.0. The first kappa shape index (κ1) is 37.0. The standard InChI is InChI=1S/C35H52F4O6S2/c1-20(2)7-6-8-21(3)25-11-12-26-24-10-9-22-19-23(13-15-34(22,4)27(24)14-16-35(25,26)5)45-17-18-46(40,41)32-28(36)30(38)33(47(42,43)44)31(39)29(32)37/h20-27H,6-19H2,1-5H3,(H,42,43,44)/t21?,22?,23-,24?,25?,26?,27?,34-,35+/m0/s1. The Balaban J connectivity index is 1.20. The lowest BCUT2D eigenvalue weighted by molar-refractivity contribution is -0.135. The van der Waals surface area contributed by atoms with E-state index >= 15 is 0 Å². The summed E-state index contributed by atoms with van der Waals surface area (Å²) in [7, 11) is -10.6. The van der Waals surface area contributed by atoms with Crippen LogP contribution in [0.25, 0.3) is 0 Å². The average molecular weight is 709 g/mol. The Hall–Kier alpha value is -1.24. The number of benzene rings is 1. The molecule has 268 valence electrons. The third-order valence-electron chi connectivity index (χ3n) is 13.3. The molecule has 4 aliphatic carbocycles. The van der Waals surface area contributed by atoms with Crippen LogP contribution in [0.2, 0.25) is 0 Å². The second kappa shape index (κ2) is 13.5. The van der Waals surface area contributed by atoms with Crippen LogP contribution in [0.5, 0.6) is 0 Å². The first-order chi connectivity index (χ1) is 21.8. The molecule has 5 rings (SSSR count). The molecule has 0 aromatic heterocycles. The molecule has 4 saturated carbocycles. The van der Waals surface area contributed by atoms with Crippen LogP contribution in [0.4, 0.5) is 17.6 Å². The van der Waals surface area contributed by atoms with Crippen LogP contribution in [0.3, 0.4) is 0 Å². The van der Waals surface area contributed by atoms with Gasteiger partial charge in [-0.15, -0.1) is 0 Å². The first-order valence-electron chi connectivity index (χ1n) is 17.5. The highest BCUT2D eigenvalue weighted by atomic mass is 32.2. The van der Waals surface area contributed by atoms with E-state index in [2.05, 4.69) is 34.6 Å². The Kier molecular flexibility index (Phi) is 10.6. The zero-order valence-corrected chi connectivity index (χ0v) is 30.0. The van der Waals surface area contributed by atoms with Gasteiger partial charge in [0.2, 0.25) is 0 Å². The van der Waals surface area contributed by atoms with E-state index in [1.165, 1.54) is 51.4 Å². The molecule has 1 aromatic carbocycles. The quantitative estimate of drug-likeness (QED) is 0.140. The summed E-state index contributed by atoms with van der Waals surface area (Å²) in [6.07, 6.45) is 13.6. The zero-order valence-electron chi connectivity index (χ0n) is 28.3. The number of hydrogen-bond donors (Lipinski definition) is 1. The van der Waals surface area contributed by atoms with Crippen LogP contribution in [-0.4, -0.2) is 39.9 Å². The molecule has 12 heteroatoms. The fraction of sp³-hybridized carbons (Fsp3) is 0.829. The van der Waals surface area contributed by atoms with Crippen LogP contribution >= 0.6 is 0 Å². The zero-order chi connectivity index (χ0) is 34.7. The molecule has 6 nitrogen and oxygen atoms in total. The molecule has 1 aromatic rings. The van der Waals surface area contributed by atoms with Gasteiger partial charge in [0.1, 0.15) is 4.90 Å². The van der Waals surface area contributed by atoms with Gasteiger partial charge in [0.25, 0.3) is 0 Å². The van der Waals surface area contributed by atoms with E-state index in [1.54, 1.807) is 0 Å². The van der Waals surface area contributed by atoms with Crippen LogP contribution in [0.15, 0.2) is 9.79 Å². The molecule has 0 radical (unpaired) electrons. The first-order valence-corrected chi connectivity index (χ1v) is 20.6. The molecule has 0 aliphatic heterocycles. The van der Waals surface area contributed by atoms with E-state index in [9.17, 15) is 34.4 Å². The number of rotatable bonds is 11. The summed E-state index contributed by atoms with van der Waals surface area (Å²) in [5.41, 5.74) is 0.581. The minimum atomic E-state index is -5.69. The van der Waals surface area contributed by atoms with Crippen LogP contribution in [-0.2, 0) is 24.7 Å². The third-order valence-corrected chi connectivity index (χ3v) is 15.8. The van der Waals surface area contributed by atoms with Crippen molar-refractivity contribution >= 4 is 20.0 Å². The van der Waals surface area contributed by atoms with E-state index < -0.39 is 65.4 Å². The monoisotopic (exact) mass is 708 g/mol. The minimum Gasteiger partial charge on any atom is -0.377 e. The molecule has 9 atom stereocenters. The Morgan fingerprint density at radius 3 is 2.00 bits per heavy atom. The molecule has 4 fully saturated rings. The van der Waals surface area contributed by atoms with Crippen molar-refractivity contribution in [2.24, 2.45) is 52.3 Å². The lowest BCUT2D eigenvalue weighted by Gasteiger charge is -2.61. The molecule has 0 spiro atoms. The van der Waals surface area contributed by atoms with Crippen molar-refractivity contribution in [2.75, 3.05) is 12.4 Å². The number of ether oxygens (including phenoxy) is 1. The van der Waals surface area contributed by atoms with Crippen molar-refractivity contribution in [1.29, 1.82) is 0 Å². The SMILES string of the molecule is CC(C)CCCC(C)C1CCC2C3CCC4C[C@@H](OCCS(=O)(=O)c5c(F)c(F)c(S(=O)(=O)O)c(F)c5F)CC[C@]4(C)C3CC[C@]12C. The molecule has 1 N–H and O–H groups in total. The largest absolute Gasteiger partial charge is 0.377 e. The van der Waals surface area contributed by atoms with Gasteiger partial charge in [-0.1, -0.05) is 53.9 Å². The topological polar surface area (TPSA) is 97.7 Å². The number of halogens is 4. The molecule has 0 saturated heterocycles. The fourth-order valence-electron chi connectivity index (χ4n) is 10.9. The highest BCUT2D eigenvalue weighted by molar-refractivity contribution is 7.91. The van der Waals surface area contributed by atoms with E-state index in [-0.39, 0.29) is 11.5 Å². The second-order valence-electron chi connectivity index (χ2n) is 16.2. The number of fused-ring (bicyclic) bond motifs is 5. The molecule has 0 heterocycles. The summed E-state index contributed by atoms with van der Waals surface area (Å²) in [6, 6.07) is 0. The molecule has 0 bridgehead atoms. The number of sulfone groups is 1. The second-order valence-corrected chi connectivity index (χ2v) is 19.6. The molecule has 0 amide bonds. The lowest BCUT2D eigenvalue weighted by atomic mass is 9.44. The maximum atomic E-state index is 14.5. The average Bonchev–Trinajstić information content (AvgIpc) is 3.32. The minimum absolute atomic E-state index is 0.174. The molecule has 47 heavy (non-hydrogen) atoms. The van der Waals surface area contributed by atoms with Crippen molar-refractivity contribution in [2.45, 2.75) is 128 Å². The van der Waals surface area contributed by atoms with Crippen LogP contribution < -0.4 is 0 Å². The predicted octanol–water partition coefficient (Wildman–Crippen LogP) is 8.77. The number of hydrogen-bond acceptors (Lipinski definition) is 5. The molecule has 4 aliphatic rings. The molecular weight excluding hydrogens is 657 g/mol.